The second kappa shape index (κ2) is 6.48. The van der Waals surface area contributed by atoms with Crippen LogP contribution in [0, 0.1) is 15.5 Å². The molecule has 0 aromatic heterocycles. The standard InChI is InChI=1S/C19H21NO6/c21-17(14-5-7-15(8-6-14)20(22)23)26-16-4-1-2-9-18(16)10-3-11-19(18)24-12-13-25-19/h1-2,5-8,16H,3-4,9-13H2/t16-,18-/m1/s1. The number of allylic oxidation sites excluding steroid dienone is 1. The number of nitro groups is 1. The van der Waals surface area contributed by atoms with Gasteiger partial charge in [-0.05, 0) is 31.4 Å². The fraction of sp³-hybridized carbons (Fsp3) is 0.526. The van der Waals surface area contributed by atoms with Crippen molar-refractivity contribution in [1.82, 2.24) is 0 Å². The quantitative estimate of drug-likeness (QED) is 0.356. The van der Waals surface area contributed by atoms with Crippen molar-refractivity contribution in [3.05, 3.63) is 52.1 Å². The monoisotopic (exact) mass is 359 g/mol. The Bertz CT molecular complexity index is 731. The zero-order valence-electron chi connectivity index (χ0n) is 14.4. The van der Waals surface area contributed by atoms with Crippen molar-refractivity contribution >= 4 is 11.7 Å². The van der Waals surface area contributed by atoms with E-state index in [-0.39, 0.29) is 17.2 Å². The number of esters is 1. The van der Waals surface area contributed by atoms with Crippen LogP contribution in [0.25, 0.3) is 0 Å². The van der Waals surface area contributed by atoms with Gasteiger partial charge in [-0.1, -0.05) is 12.2 Å². The molecule has 0 radical (unpaired) electrons. The van der Waals surface area contributed by atoms with E-state index in [4.69, 9.17) is 14.2 Å². The lowest BCUT2D eigenvalue weighted by molar-refractivity contribution is -0.384. The van der Waals surface area contributed by atoms with E-state index < -0.39 is 16.7 Å². The molecule has 2 atom stereocenters. The van der Waals surface area contributed by atoms with Gasteiger partial charge in [0.1, 0.15) is 6.10 Å². The molecule has 2 fully saturated rings. The number of nitro benzene ring substituents is 1. The van der Waals surface area contributed by atoms with E-state index >= 15 is 0 Å². The third kappa shape index (κ3) is 2.62. The largest absolute Gasteiger partial charge is 0.458 e. The molecular formula is C19H21NO6. The molecule has 7 nitrogen and oxygen atoms in total. The highest BCUT2D eigenvalue weighted by Crippen LogP contribution is 2.58. The van der Waals surface area contributed by atoms with E-state index in [9.17, 15) is 14.9 Å². The maximum atomic E-state index is 12.6. The van der Waals surface area contributed by atoms with Crippen LogP contribution in [0.5, 0.6) is 0 Å². The number of benzene rings is 1. The minimum absolute atomic E-state index is 0.0545. The van der Waals surface area contributed by atoms with Gasteiger partial charge in [0, 0.05) is 25.0 Å². The summed E-state index contributed by atoms with van der Waals surface area (Å²) < 4.78 is 17.9. The number of non-ortho nitro benzene ring substituents is 1. The first-order chi connectivity index (χ1) is 12.6. The molecule has 1 saturated carbocycles. The average Bonchev–Trinajstić information content (AvgIpc) is 3.26. The lowest BCUT2D eigenvalue weighted by Crippen LogP contribution is -2.54. The second-order valence-electron chi connectivity index (χ2n) is 7.07. The molecule has 0 unspecified atom stereocenters. The van der Waals surface area contributed by atoms with E-state index in [1.54, 1.807) is 0 Å². The predicted octanol–water partition coefficient (Wildman–Crippen LogP) is 3.38. The summed E-state index contributed by atoms with van der Waals surface area (Å²) in [4.78, 5) is 22.9. The molecule has 0 bridgehead atoms. The molecular weight excluding hydrogens is 338 g/mol. The minimum atomic E-state index is -0.668. The van der Waals surface area contributed by atoms with Gasteiger partial charge < -0.3 is 14.2 Å². The van der Waals surface area contributed by atoms with E-state index in [1.807, 2.05) is 6.08 Å². The van der Waals surface area contributed by atoms with Gasteiger partial charge in [0.15, 0.2) is 5.79 Å². The van der Waals surface area contributed by atoms with Crippen molar-refractivity contribution in [3.8, 4) is 0 Å². The van der Waals surface area contributed by atoms with E-state index in [0.717, 1.165) is 25.7 Å². The molecule has 1 aliphatic heterocycles. The van der Waals surface area contributed by atoms with Crippen molar-refractivity contribution in [2.45, 2.75) is 44.0 Å². The fourth-order valence-corrected chi connectivity index (χ4v) is 4.57. The Kier molecular flexibility index (Phi) is 4.28. The highest BCUT2D eigenvalue weighted by molar-refractivity contribution is 5.89. The van der Waals surface area contributed by atoms with Crippen LogP contribution in [0.2, 0.25) is 0 Å². The molecule has 26 heavy (non-hydrogen) atoms. The topological polar surface area (TPSA) is 87.9 Å². The highest BCUT2D eigenvalue weighted by atomic mass is 16.7. The van der Waals surface area contributed by atoms with Gasteiger partial charge in [0.25, 0.3) is 5.69 Å². The van der Waals surface area contributed by atoms with E-state index in [0.29, 0.717) is 25.2 Å². The molecule has 1 aromatic carbocycles. The van der Waals surface area contributed by atoms with Crippen molar-refractivity contribution < 1.29 is 23.9 Å². The predicted molar refractivity (Wildman–Crippen MR) is 91.6 cm³/mol. The third-order valence-corrected chi connectivity index (χ3v) is 5.82. The smallest absolute Gasteiger partial charge is 0.338 e. The third-order valence-electron chi connectivity index (χ3n) is 5.82. The summed E-state index contributed by atoms with van der Waals surface area (Å²) >= 11 is 0. The summed E-state index contributed by atoms with van der Waals surface area (Å²) in [7, 11) is 0. The fourth-order valence-electron chi connectivity index (χ4n) is 4.57. The summed E-state index contributed by atoms with van der Waals surface area (Å²) in [6.45, 7) is 1.13. The van der Waals surface area contributed by atoms with Gasteiger partial charge in [-0.25, -0.2) is 4.79 Å². The number of carbonyl (C=O) groups excluding carboxylic acids is 1. The maximum Gasteiger partial charge on any atom is 0.338 e. The summed E-state index contributed by atoms with van der Waals surface area (Å²) in [5.74, 6) is -1.14. The molecule has 0 amide bonds. The van der Waals surface area contributed by atoms with Crippen molar-refractivity contribution in [1.29, 1.82) is 0 Å². The van der Waals surface area contributed by atoms with Crippen LogP contribution in [-0.4, -0.2) is 36.0 Å². The second-order valence-corrected chi connectivity index (χ2v) is 7.07. The minimum Gasteiger partial charge on any atom is -0.458 e. The van der Waals surface area contributed by atoms with Crippen LogP contribution in [0.15, 0.2) is 36.4 Å². The Morgan fingerprint density at radius 1 is 1.15 bits per heavy atom. The van der Waals surface area contributed by atoms with Crippen LogP contribution in [0.1, 0.15) is 42.5 Å². The number of fused-ring (bicyclic) bond motifs is 1. The number of nitrogens with zero attached hydrogens (tertiary/aromatic N) is 1. The molecule has 1 aromatic rings. The normalized spacial score (nSPS) is 29.3. The van der Waals surface area contributed by atoms with Crippen LogP contribution >= 0.6 is 0 Å². The van der Waals surface area contributed by atoms with Crippen LogP contribution in [0.4, 0.5) is 5.69 Å². The zero-order chi connectivity index (χ0) is 18.2. The number of hydrogen-bond acceptors (Lipinski definition) is 6. The first-order valence-electron chi connectivity index (χ1n) is 8.95. The highest BCUT2D eigenvalue weighted by Gasteiger charge is 2.63. The number of ether oxygens (including phenoxy) is 3. The molecule has 4 rings (SSSR count). The lowest BCUT2D eigenvalue weighted by atomic mass is 9.69. The van der Waals surface area contributed by atoms with Gasteiger partial charge in [-0.15, -0.1) is 0 Å². The average molecular weight is 359 g/mol. The first-order valence-corrected chi connectivity index (χ1v) is 8.95. The van der Waals surface area contributed by atoms with Gasteiger partial charge in [-0.3, -0.25) is 10.1 Å². The number of hydrogen-bond donors (Lipinski definition) is 0. The molecule has 7 heteroatoms. The Hall–Kier alpha value is -2.25. The Morgan fingerprint density at radius 2 is 1.88 bits per heavy atom. The Balaban J connectivity index is 1.57. The van der Waals surface area contributed by atoms with E-state index in [2.05, 4.69) is 6.08 Å². The van der Waals surface area contributed by atoms with Crippen LogP contribution in [0.3, 0.4) is 0 Å². The van der Waals surface area contributed by atoms with E-state index in [1.165, 1.54) is 24.3 Å². The molecule has 2 spiro atoms. The summed E-state index contributed by atoms with van der Waals surface area (Å²) in [6, 6.07) is 5.48. The first kappa shape index (κ1) is 17.2. The van der Waals surface area contributed by atoms with Gasteiger partial charge in [-0.2, -0.15) is 0 Å². The van der Waals surface area contributed by atoms with Crippen LogP contribution in [-0.2, 0) is 14.2 Å². The summed E-state index contributed by atoms with van der Waals surface area (Å²) in [6.07, 6.45) is 7.85. The lowest BCUT2D eigenvalue weighted by Gasteiger charge is -2.47. The van der Waals surface area contributed by atoms with Crippen molar-refractivity contribution in [2.75, 3.05) is 13.2 Å². The molecule has 1 heterocycles. The van der Waals surface area contributed by atoms with Gasteiger partial charge in [0.05, 0.1) is 29.1 Å². The molecule has 0 N–H and O–H groups in total. The summed E-state index contributed by atoms with van der Waals surface area (Å²) in [5.41, 5.74) is -0.115. The number of rotatable bonds is 3. The molecule has 3 aliphatic rings. The van der Waals surface area contributed by atoms with Crippen LogP contribution < -0.4 is 0 Å². The SMILES string of the molecule is O=C(O[C@@H]1CC=CC[C@@]12CCCC21OCCO1)c1ccc([N+](=O)[O-])cc1. The van der Waals surface area contributed by atoms with Crippen molar-refractivity contribution in [2.24, 2.45) is 5.41 Å². The Labute approximate surface area is 151 Å². The van der Waals surface area contributed by atoms with Crippen molar-refractivity contribution in [3.63, 3.8) is 0 Å². The Morgan fingerprint density at radius 3 is 2.58 bits per heavy atom. The molecule has 1 saturated heterocycles. The summed E-state index contributed by atoms with van der Waals surface area (Å²) in [5, 5.41) is 10.8. The molecule has 138 valence electrons. The maximum absolute atomic E-state index is 12.6. The number of carbonyl (C=O) groups is 1. The zero-order valence-corrected chi connectivity index (χ0v) is 14.4. The van der Waals surface area contributed by atoms with Gasteiger partial charge in [0.2, 0.25) is 0 Å². The van der Waals surface area contributed by atoms with Gasteiger partial charge >= 0.3 is 5.97 Å². The molecule has 2 aliphatic carbocycles.